The van der Waals surface area contributed by atoms with E-state index in [2.05, 4.69) is 0 Å². The van der Waals surface area contributed by atoms with Gasteiger partial charge in [0.2, 0.25) is 5.76 Å². The number of aldehydes is 1. The summed E-state index contributed by atoms with van der Waals surface area (Å²) in [5, 5.41) is 1.31. The Morgan fingerprint density at radius 3 is 2.93 bits per heavy atom. The molecule has 1 heterocycles. The molecule has 0 aliphatic heterocycles. The number of carbonyl (C=O) groups is 1. The van der Waals surface area contributed by atoms with Gasteiger partial charge in [0.05, 0.1) is 12.5 Å². The highest BCUT2D eigenvalue weighted by molar-refractivity contribution is 6.31. The van der Waals surface area contributed by atoms with Gasteiger partial charge in [-0.15, -0.1) is 0 Å². The fourth-order valence-corrected chi connectivity index (χ4v) is 1.52. The third kappa shape index (κ3) is 1.26. The second-order valence-corrected chi connectivity index (χ2v) is 3.19. The maximum atomic E-state index is 10.6. The van der Waals surface area contributed by atoms with Crippen molar-refractivity contribution in [2.75, 3.05) is 7.11 Å². The molecule has 0 spiro atoms. The molecule has 1 aromatic carbocycles. The summed E-state index contributed by atoms with van der Waals surface area (Å²) in [7, 11) is 1.49. The Labute approximate surface area is 85.2 Å². The van der Waals surface area contributed by atoms with E-state index in [1.54, 1.807) is 18.2 Å². The summed E-state index contributed by atoms with van der Waals surface area (Å²) in [6.45, 7) is 0. The zero-order valence-electron chi connectivity index (χ0n) is 7.41. The van der Waals surface area contributed by atoms with Crippen molar-refractivity contribution in [2.45, 2.75) is 0 Å². The van der Waals surface area contributed by atoms with Gasteiger partial charge >= 0.3 is 0 Å². The van der Waals surface area contributed by atoms with Crippen LogP contribution < -0.4 is 4.74 Å². The molecule has 4 heteroatoms. The molecule has 0 N–H and O–H groups in total. The molecule has 2 rings (SSSR count). The Morgan fingerprint density at radius 2 is 2.29 bits per heavy atom. The maximum Gasteiger partial charge on any atom is 0.209 e. The van der Waals surface area contributed by atoms with Crippen LogP contribution in [-0.4, -0.2) is 13.4 Å². The average molecular weight is 211 g/mol. The van der Waals surface area contributed by atoms with Crippen molar-refractivity contribution in [3.63, 3.8) is 0 Å². The van der Waals surface area contributed by atoms with E-state index in [1.807, 2.05) is 0 Å². The van der Waals surface area contributed by atoms with Crippen molar-refractivity contribution in [3.05, 3.63) is 29.0 Å². The van der Waals surface area contributed by atoms with E-state index in [4.69, 9.17) is 20.8 Å². The smallest absolute Gasteiger partial charge is 0.209 e. The van der Waals surface area contributed by atoms with Crippen LogP contribution in [0.1, 0.15) is 10.6 Å². The van der Waals surface area contributed by atoms with Gasteiger partial charge in [0, 0.05) is 11.1 Å². The van der Waals surface area contributed by atoms with Gasteiger partial charge < -0.3 is 9.15 Å². The lowest BCUT2D eigenvalue weighted by atomic mass is 10.2. The fraction of sp³-hybridized carbons (Fsp3) is 0.100. The van der Waals surface area contributed by atoms with E-state index >= 15 is 0 Å². The molecule has 0 aliphatic carbocycles. The molecular formula is C10H7ClO3. The highest BCUT2D eigenvalue weighted by Crippen LogP contribution is 2.33. The Bertz CT molecular complexity index is 487. The van der Waals surface area contributed by atoms with Crippen LogP contribution in [0.2, 0.25) is 5.02 Å². The summed E-state index contributed by atoms with van der Waals surface area (Å²) in [5.41, 5.74) is 0.552. The number of furan rings is 1. The summed E-state index contributed by atoms with van der Waals surface area (Å²) in [4.78, 5) is 10.6. The van der Waals surface area contributed by atoms with Gasteiger partial charge in [0.15, 0.2) is 12.0 Å². The Kier molecular flexibility index (Phi) is 2.17. The first-order valence-electron chi connectivity index (χ1n) is 3.97. The Hall–Kier alpha value is -1.48. The second-order valence-electron chi connectivity index (χ2n) is 2.76. The van der Waals surface area contributed by atoms with Crippen LogP contribution in [0.25, 0.3) is 11.0 Å². The molecule has 0 radical (unpaired) electrons. The number of rotatable bonds is 2. The average Bonchev–Trinajstić information content (AvgIpc) is 2.54. The number of methoxy groups -OCH3 is 1. The van der Waals surface area contributed by atoms with Crippen LogP contribution in [0.4, 0.5) is 0 Å². The highest BCUT2D eigenvalue weighted by Gasteiger charge is 2.13. The van der Waals surface area contributed by atoms with Gasteiger partial charge in [-0.3, -0.25) is 4.79 Å². The first-order valence-corrected chi connectivity index (χ1v) is 4.35. The number of carbonyl (C=O) groups excluding carboxylic acids is 1. The topological polar surface area (TPSA) is 39.4 Å². The SMILES string of the molecule is COc1c(C=O)oc2cc(Cl)ccc12. The number of hydrogen-bond donors (Lipinski definition) is 0. The van der Waals surface area contributed by atoms with Crippen LogP contribution in [-0.2, 0) is 0 Å². The molecule has 0 unspecified atom stereocenters. The van der Waals surface area contributed by atoms with E-state index in [1.165, 1.54) is 7.11 Å². The molecule has 0 aliphatic rings. The van der Waals surface area contributed by atoms with Gasteiger partial charge in [-0.2, -0.15) is 0 Å². The van der Waals surface area contributed by atoms with Crippen molar-refractivity contribution in [2.24, 2.45) is 0 Å². The van der Waals surface area contributed by atoms with Gasteiger partial charge in [0.25, 0.3) is 0 Å². The first kappa shape index (κ1) is 9.09. The van der Waals surface area contributed by atoms with E-state index in [0.717, 1.165) is 5.39 Å². The summed E-state index contributed by atoms with van der Waals surface area (Å²) >= 11 is 5.78. The molecule has 3 nitrogen and oxygen atoms in total. The van der Waals surface area contributed by atoms with Crippen molar-refractivity contribution in [1.82, 2.24) is 0 Å². The maximum absolute atomic E-state index is 10.6. The predicted octanol–water partition coefficient (Wildman–Crippen LogP) is 2.91. The number of hydrogen-bond acceptors (Lipinski definition) is 3. The predicted molar refractivity (Wildman–Crippen MR) is 53.2 cm³/mol. The molecule has 0 saturated carbocycles. The van der Waals surface area contributed by atoms with Crippen LogP contribution in [0.5, 0.6) is 5.75 Å². The van der Waals surface area contributed by atoms with Crippen molar-refractivity contribution < 1.29 is 13.9 Å². The summed E-state index contributed by atoms with van der Waals surface area (Å²) in [5.74, 6) is 0.636. The number of benzene rings is 1. The number of ether oxygens (including phenoxy) is 1. The molecule has 1 aromatic heterocycles. The molecule has 0 saturated heterocycles. The standard InChI is InChI=1S/C10H7ClO3/c1-13-10-7-3-2-6(11)4-8(7)14-9(10)5-12/h2-5H,1H3. The van der Waals surface area contributed by atoms with Gasteiger partial charge in [-0.05, 0) is 12.1 Å². The normalized spacial score (nSPS) is 10.4. The van der Waals surface area contributed by atoms with Crippen molar-refractivity contribution in [3.8, 4) is 5.75 Å². The molecular weight excluding hydrogens is 204 g/mol. The third-order valence-corrected chi connectivity index (χ3v) is 2.18. The van der Waals surface area contributed by atoms with Crippen molar-refractivity contribution in [1.29, 1.82) is 0 Å². The minimum atomic E-state index is 0.185. The lowest BCUT2D eigenvalue weighted by molar-refractivity contribution is 0.109. The second kappa shape index (κ2) is 3.35. The van der Waals surface area contributed by atoms with Gasteiger partial charge in [-0.25, -0.2) is 0 Å². The molecule has 14 heavy (non-hydrogen) atoms. The van der Waals surface area contributed by atoms with Crippen LogP contribution in [0.15, 0.2) is 22.6 Å². The summed E-state index contributed by atoms with van der Waals surface area (Å²) < 4.78 is 10.3. The molecule has 0 bridgehead atoms. The Balaban J connectivity index is 2.79. The number of fused-ring (bicyclic) bond motifs is 1. The zero-order chi connectivity index (χ0) is 10.1. The lowest BCUT2D eigenvalue weighted by Crippen LogP contribution is -1.84. The molecule has 72 valence electrons. The quantitative estimate of drug-likeness (QED) is 0.716. The minimum absolute atomic E-state index is 0.185. The highest BCUT2D eigenvalue weighted by atomic mass is 35.5. The fourth-order valence-electron chi connectivity index (χ4n) is 1.35. The zero-order valence-corrected chi connectivity index (χ0v) is 8.17. The summed E-state index contributed by atoms with van der Waals surface area (Å²) in [6, 6.07) is 5.12. The van der Waals surface area contributed by atoms with Crippen LogP contribution >= 0.6 is 11.6 Å². The lowest BCUT2D eigenvalue weighted by Gasteiger charge is -1.95. The van der Waals surface area contributed by atoms with Gasteiger partial charge in [-0.1, -0.05) is 11.6 Å². The molecule has 2 aromatic rings. The van der Waals surface area contributed by atoms with E-state index in [0.29, 0.717) is 22.6 Å². The van der Waals surface area contributed by atoms with E-state index in [9.17, 15) is 4.79 Å². The molecule has 0 atom stereocenters. The van der Waals surface area contributed by atoms with Crippen LogP contribution in [0, 0.1) is 0 Å². The van der Waals surface area contributed by atoms with Gasteiger partial charge in [0.1, 0.15) is 5.58 Å². The van der Waals surface area contributed by atoms with Crippen LogP contribution in [0.3, 0.4) is 0 Å². The van der Waals surface area contributed by atoms with E-state index in [-0.39, 0.29) is 5.76 Å². The monoisotopic (exact) mass is 210 g/mol. The first-order chi connectivity index (χ1) is 6.76. The number of halogens is 1. The Morgan fingerprint density at radius 1 is 1.50 bits per heavy atom. The molecule has 0 fully saturated rings. The van der Waals surface area contributed by atoms with Crippen molar-refractivity contribution >= 4 is 28.9 Å². The summed E-state index contributed by atoms with van der Waals surface area (Å²) in [6.07, 6.45) is 0.618. The largest absolute Gasteiger partial charge is 0.492 e. The minimum Gasteiger partial charge on any atom is -0.492 e. The molecule has 0 amide bonds. The van der Waals surface area contributed by atoms with E-state index < -0.39 is 0 Å². The third-order valence-electron chi connectivity index (χ3n) is 1.94.